The standard InChI is InChI=1S/C14H17BrFNO2/c15-10-5-6-12(13(16)9-10)14(19)17(7-8-18)11-3-1-2-4-11/h5-6,9,11,18H,1-4,7-8H2. The van der Waals surface area contributed by atoms with Crippen LogP contribution in [-0.4, -0.2) is 35.1 Å². The van der Waals surface area contributed by atoms with Crippen molar-refractivity contribution in [2.75, 3.05) is 13.2 Å². The van der Waals surface area contributed by atoms with Crippen LogP contribution in [0.3, 0.4) is 0 Å². The van der Waals surface area contributed by atoms with Crippen LogP contribution >= 0.6 is 15.9 Å². The van der Waals surface area contributed by atoms with Gasteiger partial charge in [-0.05, 0) is 31.0 Å². The summed E-state index contributed by atoms with van der Waals surface area (Å²) in [7, 11) is 0. The lowest BCUT2D eigenvalue weighted by atomic mass is 10.1. The van der Waals surface area contributed by atoms with Crippen LogP contribution in [0.4, 0.5) is 4.39 Å². The number of halogens is 2. The lowest BCUT2D eigenvalue weighted by molar-refractivity contribution is 0.0633. The molecule has 1 N–H and O–H groups in total. The van der Waals surface area contributed by atoms with Crippen molar-refractivity contribution >= 4 is 21.8 Å². The van der Waals surface area contributed by atoms with E-state index in [-0.39, 0.29) is 30.7 Å². The van der Waals surface area contributed by atoms with E-state index in [1.165, 1.54) is 12.1 Å². The van der Waals surface area contributed by atoms with Gasteiger partial charge in [-0.15, -0.1) is 0 Å². The summed E-state index contributed by atoms with van der Waals surface area (Å²) < 4.78 is 14.5. The highest BCUT2D eigenvalue weighted by atomic mass is 79.9. The molecule has 0 heterocycles. The SMILES string of the molecule is O=C(c1ccc(Br)cc1F)N(CCO)C1CCCC1. The minimum Gasteiger partial charge on any atom is -0.395 e. The molecule has 0 spiro atoms. The van der Waals surface area contributed by atoms with Crippen molar-refractivity contribution in [2.45, 2.75) is 31.7 Å². The van der Waals surface area contributed by atoms with Crippen molar-refractivity contribution < 1.29 is 14.3 Å². The van der Waals surface area contributed by atoms with Gasteiger partial charge in [-0.1, -0.05) is 28.8 Å². The molecule has 0 unspecified atom stereocenters. The van der Waals surface area contributed by atoms with Crippen LogP contribution in [0.1, 0.15) is 36.0 Å². The van der Waals surface area contributed by atoms with Gasteiger partial charge >= 0.3 is 0 Å². The molecular weight excluding hydrogens is 313 g/mol. The second-order valence-electron chi connectivity index (χ2n) is 4.78. The summed E-state index contributed by atoms with van der Waals surface area (Å²) in [6.45, 7) is 0.166. The Morgan fingerprint density at radius 3 is 2.68 bits per heavy atom. The highest BCUT2D eigenvalue weighted by Crippen LogP contribution is 2.26. The number of aliphatic hydroxyl groups excluding tert-OH is 1. The molecule has 19 heavy (non-hydrogen) atoms. The van der Waals surface area contributed by atoms with Gasteiger partial charge in [-0.25, -0.2) is 4.39 Å². The lowest BCUT2D eigenvalue weighted by Gasteiger charge is -2.28. The van der Waals surface area contributed by atoms with Gasteiger partial charge in [-0.3, -0.25) is 4.79 Å². The van der Waals surface area contributed by atoms with Crippen molar-refractivity contribution in [3.05, 3.63) is 34.1 Å². The summed E-state index contributed by atoms with van der Waals surface area (Å²) in [5.74, 6) is -0.855. The first-order valence-corrected chi connectivity index (χ1v) is 7.29. The zero-order valence-corrected chi connectivity index (χ0v) is 12.2. The molecule has 0 aliphatic heterocycles. The van der Waals surface area contributed by atoms with Crippen LogP contribution < -0.4 is 0 Å². The number of rotatable bonds is 4. The number of hydrogen-bond donors (Lipinski definition) is 1. The second kappa shape index (κ2) is 6.48. The third-order valence-corrected chi connectivity index (χ3v) is 4.02. The molecule has 2 rings (SSSR count). The maximum absolute atomic E-state index is 13.8. The lowest BCUT2D eigenvalue weighted by Crippen LogP contribution is -2.41. The first kappa shape index (κ1) is 14.5. The van der Waals surface area contributed by atoms with Crippen LogP contribution in [0.5, 0.6) is 0 Å². The van der Waals surface area contributed by atoms with E-state index in [4.69, 9.17) is 5.11 Å². The Kier molecular flexibility index (Phi) is 4.93. The molecule has 1 aromatic carbocycles. The Hall–Kier alpha value is -0.940. The number of aliphatic hydroxyl groups is 1. The molecule has 0 atom stereocenters. The Bertz CT molecular complexity index is 461. The maximum atomic E-state index is 13.8. The molecule has 0 aromatic heterocycles. The van der Waals surface area contributed by atoms with Gasteiger partial charge < -0.3 is 10.0 Å². The molecule has 1 saturated carbocycles. The fraction of sp³-hybridized carbons (Fsp3) is 0.500. The summed E-state index contributed by atoms with van der Waals surface area (Å²) in [5.41, 5.74) is 0.0727. The number of benzene rings is 1. The fourth-order valence-corrected chi connectivity index (χ4v) is 2.92. The quantitative estimate of drug-likeness (QED) is 0.922. The van der Waals surface area contributed by atoms with Crippen molar-refractivity contribution in [3.8, 4) is 0 Å². The van der Waals surface area contributed by atoms with Gasteiger partial charge in [0.25, 0.3) is 5.91 Å². The van der Waals surface area contributed by atoms with E-state index in [9.17, 15) is 9.18 Å². The average Bonchev–Trinajstić information content (AvgIpc) is 2.89. The van der Waals surface area contributed by atoms with Crippen molar-refractivity contribution in [2.24, 2.45) is 0 Å². The second-order valence-corrected chi connectivity index (χ2v) is 5.70. The number of carbonyl (C=O) groups is 1. The zero-order chi connectivity index (χ0) is 13.8. The summed E-state index contributed by atoms with van der Waals surface area (Å²) in [5, 5.41) is 9.11. The van der Waals surface area contributed by atoms with Crippen LogP contribution in [-0.2, 0) is 0 Å². The monoisotopic (exact) mass is 329 g/mol. The van der Waals surface area contributed by atoms with E-state index < -0.39 is 5.82 Å². The molecule has 3 nitrogen and oxygen atoms in total. The number of carbonyl (C=O) groups excluding carboxylic acids is 1. The molecule has 1 amide bonds. The van der Waals surface area contributed by atoms with Crippen molar-refractivity contribution in [1.29, 1.82) is 0 Å². The van der Waals surface area contributed by atoms with E-state index in [2.05, 4.69) is 15.9 Å². The molecule has 1 aliphatic rings. The van der Waals surface area contributed by atoms with E-state index in [0.717, 1.165) is 25.7 Å². The van der Waals surface area contributed by atoms with Gasteiger partial charge in [0.05, 0.1) is 12.2 Å². The molecule has 104 valence electrons. The molecular formula is C14H17BrFNO2. The molecule has 5 heteroatoms. The van der Waals surface area contributed by atoms with Gasteiger partial charge in [0.1, 0.15) is 5.82 Å². The Labute approximate surface area is 120 Å². The topological polar surface area (TPSA) is 40.5 Å². The predicted molar refractivity (Wildman–Crippen MR) is 74.5 cm³/mol. The predicted octanol–water partition coefficient (Wildman–Crippen LogP) is 2.97. The molecule has 1 aromatic rings. The van der Waals surface area contributed by atoms with Crippen molar-refractivity contribution in [3.63, 3.8) is 0 Å². The molecule has 0 saturated heterocycles. The maximum Gasteiger partial charge on any atom is 0.257 e. The summed E-state index contributed by atoms with van der Waals surface area (Å²) >= 11 is 3.17. The van der Waals surface area contributed by atoms with Gasteiger partial charge in [0.15, 0.2) is 0 Å². The van der Waals surface area contributed by atoms with Crippen LogP contribution in [0, 0.1) is 5.82 Å². The molecule has 0 radical (unpaired) electrons. The van der Waals surface area contributed by atoms with Gasteiger partial charge in [0, 0.05) is 17.1 Å². The smallest absolute Gasteiger partial charge is 0.257 e. The van der Waals surface area contributed by atoms with Crippen LogP contribution in [0.2, 0.25) is 0 Å². The first-order chi connectivity index (χ1) is 9.13. The number of nitrogens with zero attached hydrogens (tertiary/aromatic N) is 1. The highest BCUT2D eigenvalue weighted by Gasteiger charge is 2.28. The Morgan fingerprint density at radius 2 is 2.11 bits per heavy atom. The van der Waals surface area contributed by atoms with E-state index in [0.29, 0.717) is 4.47 Å². The van der Waals surface area contributed by atoms with E-state index in [1.807, 2.05) is 0 Å². The first-order valence-electron chi connectivity index (χ1n) is 6.50. The largest absolute Gasteiger partial charge is 0.395 e. The van der Waals surface area contributed by atoms with Crippen LogP contribution in [0.15, 0.2) is 22.7 Å². The molecule has 1 aliphatic carbocycles. The minimum atomic E-state index is -0.527. The van der Waals surface area contributed by atoms with E-state index >= 15 is 0 Å². The minimum absolute atomic E-state index is 0.0727. The van der Waals surface area contributed by atoms with Crippen molar-refractivity contribution in [1.82, 2.24) is 4.90 Å². The average molecular weight is 330 g/mol. The number of hydrogen-bond acceptors (Lipinski definition) is 2. The zero-order valence-electron chi connectivity index (χ0n) is 10.6. The van der Waals surface area contributed by atoms with E-state index in [1.54, 1.807) is 11.0 Å². The third-order valence-electron chi connectivity index (χ3n) is 3.53. The van der Waals surface area contributed by atoms with Gasteiger partial charge in [0.2, 0.25) is 0 Å². The summed E-state index contributed by atoms with van der Waals surface area (Å²) in [6, 6.07) is 4.56. The van der Waals surface area contributed by atoms with Gasteiger partial charge in [-0.2, -0.15) is 0 Å². The fourth-order valence-electron chi connectivity index (χ4n) is 2.59. The molecule has 0 bridgehead atoms. The molecule has 1 fully saturated rings. The summed E-state index contributed by atoms with van der Waals surface area (Å²) in [4.78, 5) is 14.0. The Balaban J connectivity index is 2.22. The normalized spacial score (nSPS) is 15.7. The highest BCUT2D eigenvalue weighted by molar-refractivity contribution is 9.10. The summed E-state index contributed by atoms with van der Waals surface area (Å²) in [6.07, 6.45) is 4.04. The number of amides is 1. The third kappa shape index (κ3) is 3.34. The van der Waals surface area contributed by atoms with Crippen LogP contribution in [0.25, 0.3) is 0 Å². The Morgan fingerprint density at radius 1 is 1.42 bits per heavy atom.